The quantitative estimate of drug-likeness (QED) is 0.195. The summed E-state index contributed by atoms with van der Waals surface area (Å²) in [5.74, 6) is -5.66. The molecule has 1 heterocycles. The highest BCUT2D eigenvalue weighted by molar-refractivity contribution is 6.19. The average molecular weight is 561 g/mol. The van der Waals surface area contributed by atoms with Gasteiger partial charge in [-0.2, -0.15) is 0 Å². The van der Waals surface area contributed by atoms with E-state index in [0.717, 1.165) is 6.92 Å². The van der Waals surface area contributed by atoms with E-state index in [0.29, 0.717) is 5.57 Å². The van der Waals surface area contributed by atoms with Crippen LogP contribution in [0.4, 0.5) is 0 Å². The van der Waals surface area contributed by atoms with Crippen LogP contribution in [-0.4, -0.2) is 86.8 Å². The summed E-state index contributed by atoms with van der Waals surface area (Å²) in [4.78, 5) is 49.8. The molecule has 38 heavy (non-hydrogen) atoms. The van der Waals surface area contributed by atoms with E-state index in [1.807, 2.05) is 0 Å². The third kappa shape index (κ3) is 5.05. The molecule has 214 valence electrons. The smallest absolute Gasteiger partial charge is 0.312 e. The number of fused-ring (bicyclic) bond motifs is 2. The third-order valence-electron chi connectivity index (χ3n) is 8.50. The molecule has 0 aromatic carbocycles. The molecule has 0 aromatic heterocycles. The molecular weight excluding hydrogens is 524 g/mol. The number of hydrogen-bond acceptors (Lipinski definition) is 11. The fourth-order valence-electron chi connectivity index (χ4n) is 6.51. The monoisotopic (exact) mass is 560 g/mol. The largest absolute Gasteiger partial charge is 0.462 e. The van der Waals surface area contributed by atoms with E-state index in [2.05, 4.69) is 0 Å². The van der Waals surface area contributed by atoms with Crippen molar-refractivity contribution in [3.05, 3.63) is 11.6 Å². The third-order valence-corrected chi connectivity index (χ3v) is 8.84. The Kier molecular flexibility index (Phi) is 8.58. The molecule has 1 aliphatic heterocycles. The second kappa shape index (κ2) is 10.7. The van der Waals surface area contributed by atoms with Gasteiger partial charge in [0.2, 0.25) is 0 Å². The van der Waals surface area contributed by atoms with Crippen molar-refractivity contribution >= 4 is 35.5 Å². The maximum absolute atomic E-state index is 12.8. The van der Waals surface area contributed by atoms with Crippen LogP contribution in [0.3, 0.4) is 0 Å². The van der Waals surface area contributed by atoms with Gasteiger partial charge in [-0.1, -0.05) is 12.5 Å². The predicted molar refractivity (Wildman–Crippen MR) is 132 cm³/mol. The molecule has 12 heteroatoms. The fraction of sp³-hybridized carbons (Fsp3) is 0.769. The van der Waals surface area contributed by atoms with E-state index < -0.39 is 82.8 Å². The lowest BCUT2D eigenvalue weighted by Gasteiger charge is -2.60. The molecule has 10 unspecified atom stereocenters. The van der Waals surface area contributed by atoms with Crippen LogP contribution in [-0.2, 0) is 38.1 Å². The van der Waals surface area contributed by atoms with Crippen LogP contribution in [0.15, 0.2) is 11.6 Å². The first-order valence-electron chi connectivity index (χ1n) is 12.6. The number of alkyl halides is 1. The van der Waals surface area contributed by atoms with Gasteiger partial charge >= 0.3 is 23.9 Å². The van der Waals surface area contributed by atoms with Gasteiger partial charge < -0.3 is 34.3 Å². The summed E-state index contributed by atoms with van der Waals surface area (Å²) in [7, 11) is 0. The van der Waals surface area contributed by atoms with E-state index in [1.54, 1.807) is 6.92 Å². The minimum absolute atomic E-state index is 0.00647. The number of aliphatic hydroxyl groups excluding tert-OH is 1. The maximum atomic E-state index is 12.8. The van der Waals surface area contributed by atoms with Crippen LogP contribution in [0.1, 0.15) is 60.8 Å². The zero-order chi connectivity index (χ0) is 28.8. The Hall–Kier alpha value is -2.21. The Labute approximate surface area is 226 Å². The van der Waals surface area contributed by atoms with E-state index in [-0.39, 0.29) is 25.1 Å². The van der Waals surface area contributed by atoms with Gasteiger partial charge in [0.15, 0.2) is 11.7 Å². The Morgan fingerprint density at radius 1 is 1.05 bits per heavy atom. The molecule has 1 saturated heterocycles. The first-order chi connectivity index (χ1) is 17.5. The van der Waals surface area contributed by atoms with Gasteiger partial charge in [0.25, 0.3) is 0 Å². The van der Waals surface area contributed by atoms with Gasteiger partial charge in [-0.25, -0.2) is 0 Å². The zero-order valence-corrected chi connectivity index (χ0v) is 23.2. The second-order valence-electron chi connectivity index (χ2n) is 11.0. The Morgan fingerprint density at radius 3 is 2.13 bits per heavy atom. The van der Waals surface area contributed by atoms with Crippen LogP contribution in [0.25, 0.3) is 0 Å². The van der Waals surface area contributed by atoms with Crippen molar-refractivity contribution in [1.29, 1.82) is 0 Å². The highest BCUT2D eigenvalue weighted by atomic mass is 35.5. The molecule has 3 rings (SSSR count). The molecule has 0 radical (unpaired) electrons. The summed E-state index contributed by atoms with van der Waals surface area (Å²) in [5.41, 5.74) is -5.32. The summed E-state index contributed by atoms with van der Waals surface area (Å²) in [6, 6.07) is 0. The van der Waals surface area contributed by atoms with Crippen molar-refractivity contribution in [2.75, 3.05) is 5.88 Å². The predicted octanol–water partition coefficient (Wildman–Crippen LogP) is 1.17. The Morgan fingerprint density at radius 2 is 1.61 bits per heavy atom. The van der Waals surface area contributed by atoms with Gasteiger partial charge in [0.05, 0.1) is 23.0 Å². The number of carbonyl (C=O) groups is 4. The van der Waals surface area contributed by atoms with Crippen molar-refractivity contribution < 1.29 is 53.4 Å². The maximum Gasteiger partial charge on any atom is 0.312 e. The van der Waals surface area contributed by atoms with Crippen molar-refractivity contribution in [3.63, 3.8) is 0 Å². The van der Waals surface area contributed by atoms with Gasteiger partial charge in [-0.15, -0.1) is 11.6 Å². The highest BCUT2D eigenvalue weighted by Crippen LogP contribution is 2.57. The molecule has 0 aromatic rings. The summed E-state index contributed by atoms with van der Waals surface area (Å²) in [6.45, 7) is 7.76. The van der Waals surface area contributed by atoms with Crippen LogP contribution in [0, 0.1) is 17.3 Å². The van der Waals surface area contributed by atoms with E-state index in [9.17, 15) is 34.5 Å². The summed E-state index contributed by atoms with van der Waals surface area (Å²) >= 11 is 6.19. The van der Waals surface area contributed by atoms with E-state index in [4.69, 9.17) is 30.5 Å². The minimum Gasteiger partial charge on any atom is -0.462 e. The topological polar surface area (TPSA) is 166 Å². The summed E-state index contributed by atoms with van der Waals surface area (Å²) in [6.07, 6.45) is -5.14. The van der Waals surface area contributed by atoms with Gasteiger partial charge in [0, 0.05) is 39.0 Å². The molecule has 0 spiro atoms. The molecule has 0 amide bonds. The number of hydrogen-bond donors (Lipinski definition) is 3. The average Bonchev–Trinajstić information content (AvgIpc) is 3.01. The first-order valence-corrected chi connectivity index (χ1v) is 13.1. The molecule has 3 aliphatic rings. The minimum atomic E-state index is -2.24. The molecule has 2 fully saturated rings. The number of aliphatic hydroxyl groups is 3. The zero-order valence-electron chi connectivity index (χ0n) is 22.4. The fourth-order valence-corrected chi connectivity index (χ4v) is 6.73. The number of ether oxygens (including phenoxy) is 4. The molecule has 10 atom stereocenters. The lowest BCUT2D eigenvalue weighted by molar-refractivity contribution is -0.289. The molecule has 3 N–H and O–H groups in total. The Bertz CT molecular complexity index is 1010. The first kappa shape index (κ1) is 30.3. The molecule has 1 saturated carbocycles. The van der Waals surface area contributed by atoms with Crippen molar-refractivity contribution in [2.24, 2.45) is 17.3 Å². The summed E-state index contributed by atoms with van der Waals surface area (Å²) < 4.78 is 22.6. The van der Waals surface area contributed by atoms with Crippen LogP contribution >= 0.6 is 11.6 Å². The van der Waals surface area contributed by atoms with Gasteiger partial charge in [0.1, 0.15) is 18.3 Å². The lowest BCUT2D eigenvalue weighted by atomic mass is 9.51. The van der Waals surface area contributed by atoms with Gasteiger partial charge in [-0.3, -0.25) is 19.2 Å². The van der Waals surface area contributed by atoms with Crippen LogP contribution in [0.5, 0.6) is 0 Å². The number of carbonyl (C=O) groups excluding carboxylic acids is 4. The van der Waals surface area contributed by atoms with Crippen molar-refractivity contribution in [2.45, 2.75) is 103 Å². The van der Waals surface area contributed by atoms with Gasteiger partial charge in [-0.05, 0) is 32.8 Å². The molecule has 11 nitrogen and oxygen atoms in total. The standard InChI is InChI=1S/C26H37ClO11/c1-12-23(32)38-20-9-16(11-27)7-8-18(35-13(2)28)24(5)19(36-14(3)29)10-17(31)25(6,33)21(24)22(26(12,20)34)37-15(4)30/h9,12,17-22,31,33-34H,7-8,10-11H2,1-6H3. The molecule has 0 bridgehead atoms. The summed E-state index contributed by atoms with van der Waals surface area (Å²) in [5, 5.41) is 35.2. The number of esters is 4. The number of rotatable bonds is 4. The van der Waals surface area contributed by atoms with Crippen molar-refractivity contribution in [1.82, 2.24) is 0 Å². The lowest BCUT2D eigenvalue weighted by Crippen LogP contribution is -2.74. The molecule has 2 aliphatic carbocycles. The Balaban J connectivity index is 2.43. The second-order valence-corrected chi connectivity index (χ2v) is 11.3. The highest BCUT2D eigenvalue weighted by Gasteiger charge is 2.72. The van der Waals surface area contributed by atoms with Crippen molar-refractivity contribution in [3.8, 4) is 0 Å². The normalized spacial score (nSPS) is 43.1. The SMILES string of the molecule is CC(=O)OC1CCC(CCl)=CC2OC(=O)C(C)C2(O)C(OC(C)=O)C2C(C)(O)C(O)CC(OC(C)=O)C12C. The number of allylic oxidation sites excluding steroid dienone is 1. The van der Waals surface area contributed by atoms with Crippen LogP contribution in [0.2, 0.25) is 0 Å². The van der Waals surface area contributed by atoms with E-state index >= 15 is 0 Å². The molecular formula is C26H37ClO11. The van der Waals surface area contributed by atoms with Crippen LogP contribution < -0.4 is 0 Å². The number of halogens is 1. The van der Waals surface area contributed by atoms with E-state index in [1.165, 1.54) is 33.8 Å².